The third-order valence-corrected chi connectivity index (χ3v) is 2.94. The fourth-order valence-corrected chi connectivity index (χ4v) is 2.08. The van der Waals surface area contributed by atoms with E-state index in [4.69, 9.17) is 5.73 Å². The van der Waals surface area contributed by atoms with Crippen molar-refractivity contribution >= 4 is 26.6 Å². The zero-order valence-electron chi connectivity index (χ0n) is 9.60. The first-order valence-corrected chi connectivity index (χ1v) is 5.54. The molecular formula is C10H7NNa2O3S. The topological polar surface area (TPSA) is 83.2 Å². The van der Waals surface area contributed by atoms with Crippen LogP contribution in [0.5, 0.6) is 0 Å². The van der Waals surface area contributed by atoms with Crippen LogP contribution in [0.15, 0.2) is 35.2 Å². The predicted molar refractivity (Wildman–Crippen MR) is 55.2 cm³/mol. The molecule has 78 valence electrons. The third kappa shape index (κ3) is 3.94. The summed E-state index contributed by atoms with van der Waals surface area (Å²) >= 11 is 0. The number of rotatable bonds is 1. The van der Waals surface area contributed by atoms with E-state index in [2.05, 4.69) is 6.07 Å². The van der Waals surface area contributed by atoms with E-state index < -0.39 is 10.1 Å². The summed E-state index contributed by atoms with van der Waals surface area (Å²) in [6.45, 7) is 0. The van der Waals surface area contributed by atoms with Crippen molar-refractivity contribution in [3.05, 3.63) is 36.4 Å². The normalized spacial score (nSPS) is 10.4. The number of fused-ring (bicyclic) bond motifs is 1. The van der Waals surface area contributed by atoms with Gasteiger partial charge in [0.1, 0.15) is 0 Å². The molecule has 0 bridgehead atoms. The molecule has 4 nitrogen and oxygen atoms in total. The van der Waals surface area contributed by atoms with Crippen LogP contribution in [0.2, 0.25) is 0 Å². The number of nitrogens with two attached hydrogens (primary N) is 1. The Morgan fingerprint density at radius 1 is 1.18 bits per heavy atom. The fourth-order valence-electron chi connectivity index (χ4n) is 1.42. The molecule has 17 heavy (non-hydrogen) atoms. The summed E-state index contributed by atoms with van der Waals surface area (Å²) in [7, 11) is -4.46. The maximum Gasteiger partial charge on any atom is 1.00 e. The standard InChI is InChI=1S/C10H8NO3S.2Na/c11-8-4-5-9-7(6-8)2-1-3-10(9)15(12,13)14;;/h2-6H,11H2,(H,12,13,14);;/q-1;2*+1/p-1. The van der Waals surface area contributed by atoms with E-state index in [9.17, 15) is 13.0 Å². The minimum absolute atomic E-state index is 0. The van der Waals surface area contributed by atoms with Gasteiger partial charge in [-0.15, -0.1) is 10.8 Å². The zero-order valence-corrected chi connectivity index (χ0v) is 14.4. The SMILES string of the molecule is Nc1ccc2c(S(=O)(=O)[O-])c[c-]cc2c1.[Na+].[Na+]. The van der Waals surface area contributed by atoms with Gasteiger partial charge in [0.15, 0.2) is 0 Å². The molecular weight excluding hydrogens is 260 g/mol. The molecule has 2 aromatic rings. The first kappa shape index (κ1) is 17.4. The molecule has 0 saturated carbocycles. The Morgan fingerprint density at radius 3 is 2.41 bits per heavy atom. The van der Waals surface area contributed by atoms with Gasteiger partial charge in [-0.25, -0.2) is 0 Å². The van der Waals surface area contributed by atoms with Gasteiger partial charge in [0, 0.05) is 5.69 Å². The molecule has 0 aromatic heterocycles. The maximum absolute atomic E-state index is 10.9. The van der Waals surface area contributed by atoms with Gasteiger partial charge < -0.3 is 10.3 Å². The van der Waals surface area contributed by atoms with E-state index in [1.54, 1.807) is 18.2 Å². The largest absolute Gasteiger partial charge is 1.00 e. The molecule has 7 heteroatoms. The van der Waals surface area contributed by atoms with Crippen LogP contribution in [0.3, 0.4) is 0 Å². The van der Waals surface area contributed by atoms with Crippen LogP contribution in [-0.4, -0.2) is 13.0 Å². The van der Waals surface area contributed by atoms with Crippen LogP contribution in [0, 0.1) is 6.07 Å². The number of hydrogen-bond acceptors (Lipinski definition) is 4. The Hall–Kier alpha value is 0.410. The second-order valence-electron chi connectivity index (χ2n) is 3.12. The Labute approximate surface area is 144 Å². The van der Waals surface area contributed by atoms with Gasteiger partial charge >= 0.3 is 59.1 Å². The molecule has 0 aliphatic heterocycles. The van der Waals surface area contributed by atoms with Gasteiger partial charge in [-0.05, 0) is 11.0 Å². The van der Waals surface area contributed by atoms with Crippen LogP contribution in [-0.2, 0) is 10.1 Å². The summed E-state index contributed by atoms with van der Waals surface area (Å²) in [5.41, 5.74) is 6.05. The van der Waals surface area contributed by atoms with Crippen molar-refractivity contribution in [2.24, 2.45) is 0 Å². The molecule has 0 atom stereocenters. The first-order valence-electron chi connectivity index (χ1n) is 4.14. The number of benzene rings is 2. The number of nitrogen functional groups attached to an aromatic ring is 1. The average Bonchev–Trinajstić information content (AvgIpc) is 2.15. The first-order chi connectivity index (χ1) is 6.98. The van der Waals surface area contributed by atoms with E-state index >= 15 is 0 Å². The van der Waals surface area contributed by atoms with Crippen LogP contribution < -0.4 is 64.8 Å². The number of anilines is 1. The van der Waals surface area contributed by atoms with Crippen LogP contribution in [0.25, 0.3) is 10.8 Å². The van der Waals surface area contributed by atoms with Crippen molar-refractivity contribution in [3.8, 4) is 0 Å². The quantitative estimate of drug-likeness (QED) is 0.243. The molecule has 2 rings (SSSR count). The van der Waals surface area contributed by atoms with E-state index in [0.29, 0.717) is 16.5 Å². The van der Waals surface area contributed by atoms with Crippen LogP contribution >= 0.6 is 0 Å². The predicted octanol–water partition coefficient (Wildman–Crippen LogP) is -4.87. The zero-order chi connectivity index (χ0) is 11.1. The van der Waals surface area contributed by atoms with E-state index in [1.807, 2.05) is 0 Å². The summed E-state index contributed by atoms with van der Waals surface area (Å²) in [4.78, 5) is -0.264. The van der Waals surface area contributed by atoms with Crippen molar-refractivity contribution in [1.82, 2.24) is 0 Å². The van der Waals surface area contributed by atoms with Crippen molar-refractivity contribution < 1.29 is 72.1 Å². The Morgan fingerprint density at radius 2 is 1.82 bits per heavy atom. The Bertz CT molecular complexity index is 628. The second-order valence-corrected chi connectivity index (χ2v) is 4.47. The summed E-state index contributed by atoms with van der Waals surface area (Å²) in [6, 6.07) is 10.0. The average molecular weight is 267 g/mol. The summed E-state index contributed by atoms with van der Waals surface area (Å²) in [5.74, 6) is 0. The molecule has 0 unspecified atom stereocenters. The smallest absolute Gasteiger partial charge is 0.754 e. The summed E-state index contributed by atoms with van der Waals surface area (Å²) in [6.07, 6.45) is 0. The second kappa shape index (κ2) is 6.54. The number of hydrogen-bond donors (Lipinski definition) is 1. The molecule has 0 aliphatic rings. The van der Waals surface area contributed by atoms with E-state index in [1.165, 1.54) is 12.1 Å². The molecule has 0 amide bonds. The van der Waals surface area contributed by atoms with Crippen molar-refractivity contribution in [2.75, 3.05) is 5.73 Å². The molecule has 0 radical (unpaired) electrons. The van der Waals surface area contributed by atoms with Crippen molar-refractivity contribution in [2.45, 2.75) is 4.90 Å². The fraction of sp³-hybridized carbons (Fsp3) is 0. The van der Waals surface area contributed by atoms with Crippen molar-refractivity contribution in [1.29, 1.82) is 0 Å². The molecule has 0 saturated heterocycles. The molecule has 2 aromatic carbocycles. The van der Waals surface area contributed by atoms with Gasteiger partial charge in [0.25, 0.3) is 0 Å². The Balaban J connectivity index is 0.00000128. The van der Waals surface area contributed by atoms with E-state index in [-0.39, 0.29) is 64.0 Å². The van der Waals surface area contributed by atoms with Crippen LogP contribution in [0.4, 0.5) is 5.69 Å². The van der Waals surface area contributed by atoms with Gasteiger partial charge in [-0.3, -0.25) is 8.42 Å². The van der Waals surface area contributed by atoms with Gasteiger partial charge in [-0.1, -0.05) is 12.1 Å². The van der Waals surface area contributed by atoms with Gasteiger partial charge in [0.2, 0.25) is 0 Å². The Kier molecular flexibility index (Phi) is 6.70. The molecule has 0 fully saturated rings. The minimum Gasteiger partial charge on any atom is -0.754 e. The van der Waals surface area contributed by atoms with E-state index in [0.717, 1.165) is 0 Å². The molecule has 0 aliphatic carbocycles. The summed E-state index contributed by atoms with van der Waals surface area (Å²) < 4.78 is 32.8. The molecule has 0 spiro atoms. The monoisotopic (exact) mass is 267 g/mol. The van der Waals surface area contributed by atoms with Gasteiger partial charge in [-0.2, -0.15) is 18.2 Å². The molecule has 2 N–H and O–H groups in total. The minimum atomic E-state index is -4.46. The van der Waals surface area contributed by atoms with Crippen LogP contribution in [0.1, 0.15) is 0 Å². The third-order valence-electron chi connectivity index (χ3n) is 2.06. The van der Waals surface area contributed by atoms with Gasteiger partial charge in [0.05, 0.1) is 10.1 Å². The molecule has 0 heterocycles. The summed E-state index contributed by atoms with van der Waals surface area (Å²) in [5, 5.41) is 0.963. The maximum atomic E-state index is 10.9. The van der Waals surface area contributed by atoms with Crippen molar-refractivity contribution in [3.63, 3.8) is 0 Å².